The standard InChI is InChI=1S/C16H12O4/c17-15(18)13-8-6-11(7-9-13)4-5-12-2-1-3-14(10-12)16(19)20/h1-10H,(H,17,18)(H,19,20)/b5-4-. The summed E-state index contributed by atoms with van der Waals surface area (Å²) >= 11 is 0. The summed E-state index contributed by atoms with van der Waals surface area (Å²) in [6.07, 6.45) is 3.58. The highest BCUT2D eigenvalue weighted by atomic mass is 16.4. The maximum absolute atomic E-state index is 10.8. The number of carbonyl (C=O) groups is 2. The molecule has 0 fully saturated rings. The van der Waals surface area contributed by atoms with Gasteiger partial charge in [-0.2, -0.15) is 0 Å². The van der Waals surface area contributed by atoms with Gasteiger partial charge in [0.1, 0.15) is 0 Å². The topological polar surface area (TPSA) is 74.6 Å². The zero-order valence-corrected chi connectivity index (χ0v) is 10.5. The lowest BCUT2D eigenvalue weighted by Crippen LogP contribution is -1.95. The van der Waals surface area contributed by atoms with Crippen LogP contribution in [0.3, 0.4) is 0 Å². The molecule has 4 heteroatoms. The minimum Gasteiger partial charge on any atom is -0.478 e. The van der Waals surface area contributed by atoms with E-state index in [2.05, 4.69) is 0 Å². The summed E-state index contributed by atoms with van der Waals surface area (Å²) < 4.78 is 0. The zero-order chi connectivity index (χ0) is 14.5. The molecule has 0 saturated carbocycles. The molecule has 2 N–H and O–H groups in total. The van der Waals surface area contributed by atoms with Crippen molar-refractivity contribution in [3.63, 3.8) is 0 Å². The number of carboxylic acid groups (broad SMARTS) is 2. The molecular formula is C16H12O4. The van der Waals surface area contributed by atoms with E-state index in [0.717, 1.165) is 11.1 Å². The monoisotopic (exact) mass is 268 g/mol. The molecule has 0 amide bonds. The van der Waals surface area contributed by atoms with Crippen molar-refractivity contribution in [3.8, 4) is 0 Å². The minimum atomic E-state index is -0.967. The van der Waals surface area contributed by atoms with Crippen molar-refractivity contribution in [1.82, 2.24) is 0 Å². The molecule has 0 aromatic heterocycles. The largest absolute Gasteiger partial charge is 0.478 e. The fourth-order valence-corrected chi connectivity index (χ4v) is 1.70. The predicted molar refractivity (Wildman–Crippen MR) is 75.7 cm³/mol. The van der Waals surface area contributed by atoms with E-state index >= 15 is 0 Å². The van der Waals surface area contributed by atoms with Gasteiger partial charge in [0.25, 0.3) is 0 Å². The van der Waals surface area contributed by atoms with E-state index < -0.39 is 11.9 Å². The van der Waals surface area contributed by atoms with Gasteiger partial charge in [-0.1, -0.05) is 36.4 Å². The Kier molecular flexibility index (Phi) is 3.96. The van der Waals surface area contributed by atoms with Crippen molar-refractivity contribution in [1.29, 1.82) is 0 Å². The first kappa shape index (κ1) is 13.5. The van der Waals surface area contributed by atoms with Crippen LogP contribution in [0.25, 0.3) is 12.2 Å². The lowest BCUT2D eigenvalue weighted by atomic mass is 10.1. The molecular weight excluding hydrogens is 256 g/mol. The van der Waals surface area contributed by atoms with Gasteiger partial charge < -0.3 is 10.2 Å². The van der Waals surface area contributed by atoms with Gasteiger partial charge in [0.05, 0.1) is 11.1 Å². The fraction of sp³-hybridized carbons (Fsp3) is 0. The highest BCUT2D eigenvalue weighted by Gasteiger charge is 2.02. The van der Waals surface area contributed by atoms with Crippen molar-refractivity contribution in [3.05, 3.63) is 70.8 Å². The highest BCUT2D eigenvalue weighted by molar-refractivity contribution is 5.89. The molecule has 0 bridgehead atoms. The number of benzene rings is 2. The van der Waals surface area contributed by atoms with Gasteiger partial charge in [-0.15, -0.1) is 0 Å². The molecule has 4 nitrogen and oxygen atoms in total. The van der Waals surface area contributed by atoms with E-state index in [9.17, 15) is 9.59 Å². The third-order valence-corrected chi connectivity index (χ3v) is 2.76. The Morgan fingerprint density at radius 2 is 1.35 bits per heavy atom. The fourth-order valence-electron chi connectivity index (χ4n) is 1.70. The molecule has 2 aromatic carbocycles. The second kappa shape index (κ2) is 5.84. The Labute approximate surface area is 115 Å². The molecule has 0 heterocycles. The van der Waals surface area contributed by atoms with Crippen LogP contribution in [0.2, 0.25) is 0 Å². The molecule has 0 aliphatic heterocycles. The van der Waals surface area contributed by atoms with Gasteiger partial charge in [0, 0.05) is 0 Å². The van der Waals surface area contributed by atoms with Gasteiger partial charge in [-0.3, -0.25) is 0 Å². The molecule has 2 rings (SSSR count). The summed E-state index contributed by atoms with van der Waals surface area (Å²) in [4.78, 5) is 21.6. The van der Waals surface area contributed by atoms with E-state index in [0.29, 0.717) is 0 Å². The number of aromatic carboxylic acids is 2. The third-order valence-electron chi connectivity index (χ3n) is 2.76. The van der Waals surface area contributed by atoms with Gasteiger partial charge in [0.15, 0.2) is 0 Å². The van der Waals surface area contributed by atoms with Gasteiger partial charge in [-0.05, 0) is 35.4 Å². The van der Waals surface area contributed by atoms with Crippen molar-refractivity contribution < 1.29 is 19.8 Å². The normalized spacial score (nSPS) is 10.6. The molecule has 0 radical (unpaired) electrons. The second-order valence-corrected chi connectivity index (χ2v) is 4.19. The first-order valence-corrected chi connectivity index (χ1v) is 5.91. The average molecular weight is 268 g/mol. The molecule has 0 spiro atoms. The number of carboxylic acids is 2. The summed E-state index contributed by atoms with van der Waals surface area (Å²) in [6, 6.07) is 13.0. The first-order valence-electron chi connectivity index (χ1n) is 5.91. The van der Waals surface area contributed by atoms with Crippen LogP contribution in [0.5, 0.6) is 0 Å². The molecule has 0 saturated heterocycles. The van der Waals surface area contributed by atoms with Crippen LogP contribution < -0.4 is 0 Å². The molecule has 100 valence electrons. The van der Waals surface area contributed by atoms with Crippen LogP contribution >= 0.6 is 0 Å². The Balaban J connectivity index is 2.18. The van der Waals surface area contributed by atoms with Crippen LogP contribution in [0.4, 0.5) is 0 Å². The van der Waals surface area contributed by atoms with Crippen LogP contribution in [-0.2, 0) is 0 Å². The summed E-state index contributed by atoms with van der Waals surface area (Å²) in [5.41, 5.74) is 2.08. The number of hydrogen-bond acceptors (Lipinski definition) is 2. The first-order chi connectivity index (χ1) is 9.56. The minimum absolute atomic E-state index is 0.230. The van der Waals surface area contributed by atoms with Crippen molar-refractivity contribution in [2.45, 2.75) is 0 Å². The molecule has 0 aliphatic carbocycles. The smallest absolute Gasteiger partial charge is 0.335 e. The number of rotatable bonds is 4. The van der Waals surface area contributed by atoms with Crippen molar-refractivity contribution in [2.75, 3.05) is 0 Å². The van der Waals surface area contributed by atoms with E-state index in [-0.39, 0.29) is 11.1 Å². The molecule has 2 aromatic rings. The highest BCUT2D eigenvalue weighted by Crippen LogP contribution is 2.11. The van der Waals surface area contributed by atoms with Crippen LogP contribution in [0.15, 0.2) is 48.5 Å². The zero-order valence-electron chi connectivity index (χ0n) is 10.5. The quantitative estimate of drug-likeness (QED) is 0.835. The molecule has 0 unspecified atom stereocenters. The average Bonchev–Trinajstić information content (AvgIpc) is 2.46. The van der Waals surface area contributed by atoms with Crippen molar-refractivity contribution >= 4 is 24.1 Å². The summed E-state index contributed by atoms with van der Waals surface area (Å²) in [5, 5.41) is 17.7. The maximum Gasteiger partial charge on any atom is 0.335 e. The lowest BCUT2D eigenvalue weighted by molar-refractivity contribution is 0.0686. The third kappa shape index (κ3) is 3.32. The SMILES string of the molecule is O=C(O)c1ccc(/C=C\c2cccc(C(=O)O)c2)cc1. The van der Waals surface area contributed by atoms with E-state index in [1.54, 1.807) is 42.5 Å². The Bertz CT molecular complexity index is 669. The van der Waals surface area contributed by atoms with Gasteiger partial charge >= 0.3 is 11.9 Å². The summed E-state index contributed by atoms with van der Waals surface area (Å²) in [5.74, 6) is -1.93. The van der Waals surface area contributed by atoms with Crippen LogP contribution in [0, 0.1) is 0 Å². The van der Waals surface area contributed by atoms with E-state index in [1.165, 1.54) is 18.2 Å². The molecule has 0 aliphatic rings. The van der Waals surface area contributed by atoms with Crippen LogP contribution in [-0.4, -0.2) is 22.2 Å². The van der Waals surface area contributed by atoms with Crippen molar-refractivity contribution in [2.24, 2.45) is 0 Å². The summed E-state index contributed by atoms with van der Waals surface area (Å²) in [6.45, 7) is 0. The predicted octanol–water partition coefficient (Wildman–Crippen LogP) is 3.25. The Hall–Kier alpha value is -2.88. The maximum atomic E-state index is 10.8. The van der Waals surface area contributed by atoms with Crippen LogP contribution in [0.1, 0.15) is 31.8 Å². The summed E-state index contributed by atoms with van der Waals surface area (Å²) in [7, 11) is 0. The second-order valence-electron chi connectivity index (χ2n) is 4.19. The number of hydrogen-bond donors (Lipinski definition) is 2. The van der Waals surface area contributed by atoms with Gasteiger partial charge in [0.2, 0.25) is 0 Å². The van der Waals surface area contributed by atoms with Gasteiger partial charge in [-0.25, -0.2) is 9.59 Å². The Morgan fingerprint density at radius 3 is 1.95 bits per heavy atom. The molecule has 20 heavy (non-hydrogen) atoms. The molecule has 0 atom stereocenters. The lowest BCUT2D eigenvalue weighted by Gasteiger charge is -1.98. The van der Waals surface area contributed by atoms with E-state index in [4.69, 9.17) is 10.2 Å². The van der Waals surface area contributed by atoms with E-state index in [1.807, 2.05) is 0 Å². The Morgan fingerprint density at radius 1 is 0.750 bits per heavy atom.